The van der Waals surface area contributed by atoms with Crippen molar-refractivity contribution in [3.63, 3.8) is 0 Å². The van der Waals surface area contributed by atoms with Crippen molar-refractivity contribution in [1.29, 1.82) is 0 Å². The first-order chi connectivity index (χ1) is 17.0. The van der Waals surface area contributed by atoms with Crippen LogP contribution >= 0.6 is 22.9 Å². The first kappa shape index (κ1) is 23.1. The minimum atomic E-state index is -0.324. The van der Waals surface area contributed by atoms with Crippen LogP contribution in [0.15, 0.2) is 72.1 Å². The molecule has 0 unspecified atom stereocenters. The number of anilines is 2. The van der Waals surface area contributed by atoms with Crippen molar-refractivity contribution < 1.29 is 14.3 Å². The molecule has 0 spiro atoms. The fourth-order valence-corrected chi connectivity index (χ4v) is 4.86. The molecule has 0 saturated heterocycles. The smallest absolute Gasteiger partial charge is 0.265 e. The number of fused-ring (bicyclic) bond motifs is 1. The number of ether oxygens (including phenoxy) is 1. The van der Waals surface area contributed by atoms with Crippen LogP contribution in [0, 0.1) is 6.92 Å². The summed E-state index contributed by atoms with van der Waals surface area (Å²) >= 11 is 7.76. The molecule has 5 rings (SSSR count). The number of nitrogens with zero attached hydrogens (tertiary/aromatic N) is 2. The summed E-state index contributed by atoms with van der Waals surface area (Å²) in [5.74, 6) is -0.0515. The molecule has 2 heterocycles. The quantitative estimate of drug-likeness (QED) is 0.365. The standard InChI is InChI=1S/C27H22ClN3O3S/c1-17-7-9-20(13-21(17)28)29-25(32)14-31-23-12-19(8-10-24(23)34-15-27(31)33)22-16-35-26(30-22)11-18-5-3-2-4-6-18/h2-10,12-13,16H,11,14-15H2,1H3,(H,29,32). The lowest BCUT2D eigenvalue weighted by atomic mass is 10.1. The van der Waals surface area contributed by atoms with Crippen LogP contribution < -0.4 is 15.0 Å². The molecule has 35 heavy (non-hydrogen) atoms. The van der Waals surface area contributed by atoms with Crippen LogP contribution in [-0.2, 0) is 16.0 Å². The summed E-state index contributed by atoms with van der Waals surface area (Å²) in [7, 11) is 0. The lowest BCUT2D eigenvalue weighted by Crippen LogP contribution is -2.43. The van der Waals surface area contributed by atoms with Gasteiger partial charge in [0, 0.05) is 28.1 Å². The maximum Gasteiger partial charge on any atom is 0.265 e. The van der Waals surface area contributed by atoms with Gasteiger partial charge in [-0.25, -0.2) is 4.98 Å². The predicted octanol–water partition coefficient (Wildman–Crippen LogP) is 5.73. The van der Waals surface area contributed by atoms with E-state index in [9.17, 15) is 9.59 Å². The van der Waals surface area contributed by atoms with Crippen LogP contribution in [0.3, 0.4) is 0 Å². The SMILES string of the molecule is Cc1ccc(NC(=O)CN2C(=O)COc3ccc(-c4csc(Cc5ccccc5)n4)cc32)cc1Cl. The molecule has 1 N–H and O–H groups in total. The summed E-state index contributed by atoms with van der Waals surface area (Å²) in [6.45, 7) is 1.64. The first-order valence-electron chi connectivity index (χ1n) is 11.1. The molecule has 0 aliphatic carbocycles. The molecule has 3 aromatic carbocycles. The Bertz CT molecular complexity index is 1400. The van der Waals surface area contributed by atoms with Crippen LogP contribution in [0.25, 0.3) is 11.3 Å². The Balaban J connectivity index is 1.36. The van der Waals surface area contributed by atoms with Crippen molar-refractivity contribution in [3.8, 4) is 17.0 Å². The normalized spacial score (nSPS) is 12.7. The van der Waals surface area contributed by atoms with Gasteiger partial charge in [-0.15, -0.1) is 11.3 Å². The van der Waals surface area contributed by atoms with Crippen molar-refractivity contribution in [2.45, 2.75) is 13.3 Å². The van der Waals surface area contributed by atoms with Crippen LogP contribution in [0.1, 0.15) is 16.1 Å². The zero-order valence-electron chi connectivity index (χ0n) is 19.0. The molecule has 1 aromatic heterocycles. The molecular weight excluding hydrogens is 482 g/mol. The summed E-state index contributed by atoms with van der Waals surface area (Å²) in [4.78, 5) is 31.7. The Labute approximate surface area is 212 Å². The number of carbonyl (C=O) groups excluding carboxylic acids is 2. The number of thiazole rings is 1. The molecule has 0 radical (unpaired) electrons. The van der Waals surface area contributed by atoms with E-state index in [2.05, 4.69) is 17.4 Å². The van der Waals surface area contributed by atoms with Gasteiger partial charge in [-0.3, -0.25) is 14.5 Å². The Hall–Kier alpha value is -3.68. The highest BCUT2D eigenvalue weighted by Gasteiger charge is 2.28. The Morgan fingerprint density at radius 2 is 1.97 bits per heavy atom. The second kappa shape index (κ2) is 9.90. The highest BCUT2D eigenvalue weighted by molar-refractivity contribution is 7.10. The van der Waals surface area contributed by atoms with E-state index in [4.69, 9.17) is 21.3 Å². The predicted molar refractivity (Wildman–Crippen MR) is 139 cm³/mol. The highest BCUT2D eigenvalue weighted by atomic mass is 35.5. The summed E-state index contributed by atoms with van der Waals surface area (Å²) < 4.78 is 5.61. The van der Waals surface area contributed by atoms with Gasteiger partial charge in [0.1, 0.15) is 12.3 Å². The molecule has 4 aromatic rings. The topological polar surface area (TPSA) is 71.5 Å². The van der Waals surface area contributed by atoms with Crippen molar-refractivity contribution in [3.05, 3.63) is 93.3 Å². The molecule has 0 bridgehead atoms. The fourth-order valence-electron chi connectivity index (χ4n) is 3.84. The Morgan fingerprint density at radius 3 is 2.77 bits per heavy atom. The summed E-state index contributed by atoms with van der Waals surface area (Å²) in [6, 6.07) is 21.1. The summed E-state index contributed by atoms with van der Waals surface area (Å²) in [5, 5.41) is 6.39. The van der Waals surface area contributed by atoms with E-state index in [0.717, 1.165) is 28.2 Å². The van der Waals surface area contributed by atoms with Crippen molar-refractivity contribution >= 4 is 46.1 Å². The Kier molecular flexibility index (Phi) is 6.53. The third-order valence-corrected chi connectivity index (χ3v) is 6.96. The van der Waals surface area contributed by atoms with Crippen LogP contribution in [0.2, 0.25) is 5.02 Å². The van der Waals surface area contributed by atoms with Gasteiger partial charge in [0.2, 0.25) is 5.91 Å². The van der Waals surface area contributed by atoms with E-state index in [1.165, 1.54) is 10.5 Å². The number of nitrogens with one attached hydrogen (secondary N) is 1. The van der Waals surface area contributed by atoms with Gasteiger partial charge >= 0.3 is 0 Å². The maximum atomic E-state index is 12.8. The van der Waals surface area contributed by atoms with Gasteiger partial charge in [-0.1, -0.05) is 48.0 Å². The van der Waals surface area contributed by atoms with E-state index in [1.54, 1.807) is 23.5 Å². The number of halogens is 1. The van der Waals surface area contributed by atoms with Crippen molar-refractivity contribution in [2.24, 2.45) is 0 Å². The molecule has 6 nitrogen and oxygen atoms in total. The number of aryl methyl sites for hydroxylation is 1. The van der Waals surface area contributed by atoms with Gasteiger partial charge < -0.3 is 10.1 Å². The zero-order chi connectivity index (χ0) is 24.4. The van der Waals surface area contributed by atoms with Crippen LogP contribution in [0.4, 0.5) is 11.4 Å². The monoisotopic (exact) mass is 503 g/mol. The van der Waals surface area contributed by atoms with E-state index in [-0.39, 0.29) is 25.0 Å². The molecule has 1 aliphatic rings. The van der Waals surface area contributed by atoms with E-state index in [0.29, 0.717) is 22.1 Å². The lowest BCUT2D eigenvalue weighted by Gasteiger charge is -2.29. The number of hydrogen-bond acceptors (Lipinski definition) is 5. The van der Waals surface area contributed by atoms with Gasteiger partial charge in [0.05, 0.1) is 16.4 Å². The van der Waals surface area contributed by atoms with Crippen molar-refractivity contribution in [1.82, 2.24) is 4.98 Å². The number of hydrogen-bond donors (Lipinski definition) is 1. The number of amides is 2. The molecule has 1 aliphatic heterocycles. The Morgan fingerprint density at radius 1 is 1.14 bits per heavy atom. The largest absolute Gasteiger partial charge is 0.482 e. The van der Waals surface area contributed by atoms with Gasteiger partial charge in [0.25, 0.3) is 5.91 Å². The second-order valence-electron chi connectivity index (χ2n) is 8.25. The number of carbonyl (C=O) groups is 2. The number of benzene rings is 3. The van der Waals surface area contributed by atoms with Crippen LogP contribution in [0.5, 0.6) is 5.75 Å². The summed E-state index contributed by atoms with van der Waals surface area (Å²) in [6.07, 6.45) is 0.757. The van der Waals surface area contributed by atoms with Crippen molar-refractivity contribution in [2.75, 3.05) is 23.4 Å². The molecule has 0 saturated carbocycles. The van der Waals surface area contributed by atoms with E-state index in [1.807, 2.05) is 54.8 Å². The minimum absolute atomic E-state index is 0.117. The third kappa shape index (κ3) is 5.21. The first-order valence-corrected chi connectivity index (χ1v) is 12.3. The van der Waals surface area contributed by atoms with Gasteiger partial charge in [-0.2, -0.15) is 0 Å². The second-order valence-corrected chi connectivity index (χ2v) is 9.60. The fraction of sp³-hybridized carbons (Fsp3) is 0.148. The zero-order valence-corrected chi connectivity index (χ0v) is 20.5. The van der Waals surface area contributed by atoms with Gasteiger partial charge in [0.15, 0.2) is 6.61 Å². The molecule has 8 heteroatoms. The number of rotatable bonds is 6. The molecule has 0 atom stereocenters. The molecule has 0 fully saturated rings. The van der Waals surface area contributed by atoms with E-state index >= 15 is 0 Å². The average molecular weight is 504 g/mol. The average Bonchev–Trinajstić information content (AvgIpc) is 3.32. The molecule has 2 amide bonds. The van der Waals surface area contributed by atoms with Crippen LogP contribution in [-0.4, -0.2) is 29.9 Å². The number of aromatic nitrogens is 1. The lowest BCUT2D eigenvalue weighted by molar-refractivity contribution is -0.123. The third-order valence-electron chi connectivity index (χ3n) is 5.70. The maximum absolute atomic E-state index is 12.8. The van der Waals surface area contributed by atoms with Gasteiger partial charge in [-0.05, 0) is 48.4 Å². The summed E-state index contributed by atoms with van der Waals surface area (Å²) in [5.41, 5.74) is 4.92. The highest BCUT2D eigenvalue weighted by Crippen LogP contribution is 2.36. The van der Waals surface area contributed by atoms with E-state index < -0.39 is 0 Å². The molecular formula is C27H22ClN3O3S. The minimum Gasteiger partial charge on any atom is -0.482 e. The molecule has 176 valence electrons.